The van der Waals surface area contributed by atoms with Crippen LogP contribution in [0, 0.1) is 5.82 Å². The number of nitrogens with two attached hydrogens (primary N) is 1. The van der Waals surface area contributed by atoms with Crippen molar-refractivity contribution < 1.29 is 4.39 Å². The van der Waals surface area contributed by atoms with Gasteiger partial charge in [0.1, 0.15) is 5.82 Å². The van der Waals surface area contributed by atoms with Gasteiger partial charge in [-0.3, -0.25) is 0 Å². The highest BCUT2D eigenvalue weighted by molar-refractivity contribution is 5.31. The van der Waals surface area contributed by atoms with E-state index in [0.717, 1.165) is 24.0 Å². The lowest BCUT2D eigenvalue weighted by atomic mass is 9.98. The van der Waals surface area contributed by atoms with Gasteiger partial charge in [0.15, 0.2) is 0 Å². The van der Waals surface area contributed by atoms with Crippen molar-refractivity contribution in [3.05, 3.63) is 35.1 Å². The third-order valence-corrected chi connectivity index (χ3v) is 2.96. The van der Waals surface area contributed by atoms with Gasteiger partial charge in [-0.1, -0.05) is 19.1 Å². The Kier molecular flexibility index (Phi) is 2.55. The van der Waals surface area contributed by atoms with Crippen LogP contribution in [0.4, 0.5) is 4.39 Å². The quantitative estimate of drug-likeness (QED) is 0.784. The molecule has 1 fully saturated rings. The van der Waals surface area contributed by atoms with E-state index in [-0.39, 0.29) is 11.7 Å². The zero-order valence-corrected chi connectivity index (χ0v) is 8.46. The second-order valence-corrected chi connectivity index (χ2v) is 4.19. The summed E-state index contributed by atoms with van der Waals surface area (Å²) >= 11 is 0. The molecule has 0 heterocycles. The molecular formula is C12H16FN. The number of benzene rings is 1. The molecule has 1 aromatic rings. The Hall–Kier alpha value is -0.890. The van der Waals surface area contributed by atoms with E-state index < -0.39 is 0 Å². The fraction of sp³-hybridized carbons (Fsp3) is 0.500. The number of hydrogen-bond acceptors (Lipinski definition) is 1. The fourth-order valence-electron chi connectivity index (χ4n) is 1.71. The molecule has 1 aliphatic carbocycles. The van der Waals surface area contributed by atoms with Gasteiger partial charge < -0.3 is 5.73 Å². The topological polar surface area (TPSA) is 26.0 Å². The summed E-state index contributed by atoms with van der Waals surface area (Å²) in [5.74, 6) is 0.681. The Morgan fingerprint density at radius 3 is 2.71 bits per heavy atom. The van der Waals surface area contributed by atoms with Crippen molar-refractivity contribution >= 4 is 0 Å². The highest BCUT2D eigenvalue weighted by Gasteiger charge is 2.26. The summed E-state index contributed by atoms with van der Waals surface area (Å²) in [5, 5.41) is 0. The molecule has 2 heteroatoms. The van der Waals surface area contributed by atoms with Gasteiger partial charge in [0.05, 0.1) is 0 Å². The summed E-state index contributed by atoms with van der Waals surface area (Å²) in [6, 6.07) is 5.58. The molecule has 1 aliphatic rings. The van der Waals surface area contributed by atoms with Crippen LogP contribution in [0.2, 0.25) is 0 Å². The van der Waals surface area contributed by atoms with Crippen LogP contribution in [-0.4, -0.2) is 6.54 Å². The van der Waals surface area contributed by atoms with Gasteiger partial charge in [-0.2, -0.15) is 0 Å². The largest absolute Gasteiger partial charge is 0.330 e. The SMILES string of the molecule is CC(CN)c1ccc(C2CC2)c(F)c1. The predicted octanol–water partition coefficient (Wildman–Crippen LogP) is 2.77. The van der Waals surface area contributed by atoms with Crippen molar-refractivity contribution in [2.75, 3.05) is 6.54 Å². The molecule has 0 spiro atoms. The van der Waals surface area contributed by atoms with E-state index in [0.29, 0.717) is 12.5 Å². The minimum absolute atomic E-state index is 0.0506. The Morgan fingerprint density at radius 1 is 1.50 bits per heavy atom. The van der Waals surface area contributed by atoms with Gasteiger partial charge in [-0.05, 0) is 48.4 Å². The van der Waals surface area contributed by atoms with E-state index in [2.05, 4.69) is 0 Å². The fourth-order valence-corrected chi connectivity index (χ4v) is 1.71. The molecule has 1 nitrogen and oxygen atoms in total. The van der Waals surface area contributed by atoms with E-state index in [1.165, 1.54) is 0 Å². The van der Waals surface area contributed by atoms with Crippen LogP contribution in [0.25, 0.3) is 0 Å². The number of hydrogen-bond donors (Lipinski definition) is 1. The lowest BCUT2D eigenvalue weighted by molar-refractivity contribution is 0.605. The van der Waals surface area contributed by atoms with Crippen LogP contribution in [-0.2, 0) is 0 Å². The van der Waals surface area contributed by atoms with E-state index in [4.69, 9.17) is 5.73 Å². The smallest absolute Gasteiger partial charge is 0.126 e. The van der Waals surface area contributed by atoms with Crippen LogP contribution in [0.1, 0.15) is 42.7 Å². The van der Waals surface area contributed by atoms with Crippen molar-refractivity contribution in [2.45, 2.75) is 31.6 Å². The number of rotatable bonds is 3. The maximum atomic E-state index is 13.6. The molecule has 2 N–H and O–H groups in total. The van der Waals surface area contributed by atoms with Crippen molar-refractivity contribution in [3.63, 3.8) is 0 Å². The molecule has 0 amide bonds. The average Bonchev–Trinajstić information content (AvgIpc) is 3.00. The van der Waals surface area contributed by atoms with Crippen molar-refractivity contribution in [3.8, 4) is 0 Å². The first-order valence-electron chi connectivity index (χ1n) is 5.21. The molecule has 14 heavy (non-hydrogen) atoms. The summed E-state index contributed by atoms with van der Waals surface area (Å²) < 4.78 is 13.6. The molecule has 1 aromatic carbocycles. The summed E-state index contributed by atoms with van der Waals surface area (Å²) in [6.45, 7) is 2.59. The molecule has 0 aromatic heterocycles. The Labute approximate surface area is 84.1 Å². The molecule has 0 saturated heterocycles. The molecule has 0 radical (unpaired) electrons. The molecule has 1 saturated carbocycles. The predicted molar refractivity (Wildman–Crippen MR) is 55.8 cm³/mol. The van der Waals surface area contributed by atoms with Crippen LogP contribution >= 0.6 is 0 Å². The molecular weight excluding hydrogens is 177 g/mol. The average molecular weight is 193 g/mol. The summed E-state index contributed by atoms with van der Waals surface area (Å²) in [7, 11) is 0. The number of halogens is 1. The van der Waals surface area contributed by atoms with Gasteiger partial charge >= 0.3 is 0 Å². The Bertz CT molecular complexity index is 331. The van der Waals surface area contributed by atoms with Crippen molar-refractivity contribution in [1.82, 2.24) is 0 Å². The standard InChI is InChI=1S/C12H16FN/c1-8(7-14)10-4-5-11(9-2-3-9)12(13)6-10/h4-6,8-9H,2-3,7,14H2,1H3. The lowest BCUT2D eigenvalue weighted by Crippen LogP contribution is -2.09. The van der Waals surface area contributed by atoms with Crippen molar-refractivity contribution in [1.29, 1.82) is 0 Å². The third-order valence-electron chi connectivity index (χ3n) is 2.96. The molecule has 1 unspecified atom stereocenters. The van der Waals surface area contributed by atoms with E-state index in [1.807, 2.05) is 19.1 Å². The van der Waals surface area contributed by atoms with Crippen LogP contribution in [0.3, 0.4) is 0 Å². The first-order chi connectivity index (χ1) is 6.72. The second-order valence-electron chi connectivity index (χ2n) is 4.19. The molecule has 0 bridgehead atoms. The second kappa shape index (κ2) is 3.70. The lowest BCUT2D eigenvalue weighted by Gasteiger charge is -2.10. The normalized spacial score (nSPS) is 18.2. The molecule has 0 aliphatic heterocycles. The van der Waals surface area contributed by atoms with Crippen LogP contribution in [0.5, 0.6) is 0 Å². The zero-order valence-electron chi connectivity index (χ0n) is 8.46. The van der Waals surface area contributed by atoms with Gasteiger partial charge in [0, 0.05) is 0 Å². The molecule has 1 atom stereocenters. The zero-order chi connectivity index (χ0) is 10.1. The van der Waals surface area contributed by atoms with Gasteiger partial charge in [-0.15, -0.1) is 0 Å². The maximum absolute atomic E-state index is 13.6. The van der Waals surface area contributed by atoms with E-state index in [9.17, 15) is 4.39 Å². The summed E-state index contributed by atoms with van der Waals surface area (Å²) in [5.41, 5.74) is 7.44. The minimum Gasteiger partial charge on any atom is -0.330 e. The summed E-state index contributed by atoms with van der Waals surface area (Å²) in [4.78, 5) is 0. The van der Waals surface area contributed by atoms with Gasteiger partial charge in [0.2, 0.25) is 0 Å². The molecule has 76 valence electrons. The first kappa shape index (κ1) is 9.66. The molecule has 2 rings (SSSR count). The van der Waals surface area contributed by atoms with Crippen molar-refractivity contribution in [2.24, 2.45) is 5.73 Å². The van der Waals surface area contributed by atoms with Crippen LogP contribution < -0.4 is 5.73 Å². The van der Waals surface area contributed by atoms with E-state index >= 15 is 0 Å². The van der Waals surface area contributed by atoms with Gasteiger partial charge in [0.25, 0.3) is 0 Å². The highest BCUT2D eigenvalue weighted by atomic mass is 19.1. The monoisotopic (exact) mass is 193 g/mol. The first-order valence-corrected chi connectivity index (χ1v) is 5.21. The van der Waals surface area contributed by atoms with Crippen LogP contribution in [0.15, 0.2) is 18.2 Å². The Morgan fingerprint density at radius 2 is 2.21 bits per heavy atom. The summed E-state index contributed by atoms with van der Waals surface area (Å²) in [6.07, 6.45) is 2.28. The van der Waals surface area contributed by atoms with E-state index in [1.54, 1.807) is 6.07 Å². The Balaban J connectivity index is 2.25. The highest BCUT2D eigenvalue weighted by Crippen LogP contribution is 2.41. The maximum Gasteiger partial charge on any atom is 0.126 e. The third kappa shape index (κ3) is 1.80. The minimum atomic E-state index is -0.0506. The van der Waals surface area contributed by atoms with Gasteiger partial charge in [-0.25, -0.2) is 4.39 Å².